The van der Waals surface area contributed by atoms with Crippen molar-refractivity contribution in [2.24, 2.45) is 0 Å². The molecule has 1 atom stereocenters. The Morgan fingerprint density at radius 1 is 1.34 bits per heavy atom. The zero-order chi connectivity index (χ0) is 25.5. The van der Waals surface area contributed by atoms with E-state index in [0.717, 1.165) is 16.5 Å². The number of aromatic amines is 1. The van der Waals surface area contributed by atoms with Gasteiger partial charge in [0.15, 0.2) is 16.7 Å². The molecule has 3 heterocycles. The second-order valence-corrected chi connectivity index (χ2v) is 10.4. The Morgan fingerprint density at radius 3 is 2.74 bits per heavy atom. The molecular weight excluding hydrogens is 501 g/mol. The van der Waals surface area contributed by atoms with Gasteiger partial charge in [0.1, 0.15) is 5.82 Å². The van der Waals surface area contributed by atoms with Crippen molar-refractivity contribution in [3.63, 3.8) is 0 Å². The Bertz CT molecular complexity index is 1240. The van der Waals surface area contributed by atoms with Crippen LogP contribution in [-0.4, -0.2) is 63.8 Å². The van der Waals surface area contributed by atoms with Gasteiger partial charge in [-0.1, -0.05) is 44.0 Å². The van der Waals surface area contributed by atoms with Gasteiger partial charge in [-0.3, -0.25) is 10.00 Å². The quantitative estimate of drug-likeness (QED) is 0.406. The first-order chi connectivity index (χ1) is 16.5. The molecule has 190 valence electrons. The van der Waals surface area contributed by atoms with E-state index in [0.29, 0.717) is 36.2 Å². The third-order valence-corrected chi connectivity index (χ3v) is 6.78. The summed E-state index contributed by atoms with van der Waals surface area (Å²) >= 11 is 12.8. The Balaban J connectivity index is 1.65. The second kappa shape index (κ2) is 9.91. The number of hydrogen-bond acceptors (Lipinski definition) is 6. The highest BCUT2D eigenvalue weighted by Gasteiger charge is 2.33. The maximum absolute atomic E-state index is 12.9. The first kappa shape index (κ1) is 25.7. The van der Waals surface area contributed by atoms with Crippen molar-refractivity contribution in [1.29, 1.82) is 0 Å². The van der Waals surface area contributed by atoms with E-state index >= 15 is 0 Å². The van der Waals surface area contributed by atoms with Gasteiger partial charge in [-0.05, 0) is 29.5 Å². The van der Waals surface area contributed by atoms with E-state index in [1.165, 1.54) is 7.11 Å². The molecule has 2 N–H and O–H groups in total. The molecule has 1 fully saturated rings. The predicted octanol–water partition coefficient (Wildman–Crippen LogP) is 5.27. The fraction of sp³-hybridized carbons (Fsp3) is 0.522. The van der Waals surface area contributed by atoms with E-state index in [1.54, 1.807) is 9.47 Å². The maximum Gasteiger partial charge on any atom is 0.357 e. The SMILES string of the molecule is COC(=O)c1c(Cl)nc(CNc2n[nH]c3cc(Cl)c(C(C)(C)C)cc23)n1[C@@H]1CCN(CC(F)F)C1. The van der Waals surface area contributed by atoms with E-state index in [4.69, 9.17) is 27.9 Å². The molecule has 0 spiro atoms. The van der Waals surface area contributed by atoms with Crippen LogP contribution >= 0.6 is 23.2 Å². The van der Waals surface area contributed by atoms with Crippen LogP contribution in [0.5, 0.6) is 0 Å². The molecule has 1 aliphatic rings. The van der Waals surface area contributed by atoms with Gasteiger partial charge in [0.2, 0.25) is 0 Å². The van der Waals surface area contributed by atoms with E-state index < -0.39 is 12.4 Å². The van der Waals surface area contributed by atoms with Crippen LogP contribution in [0.15, 0.2) is 12.1 Å². The number of carbonyl (C=O) groups is 1. The topological polar surface area (TPSA) is 88.1 Å². The normalized spacial score (nSPS) is 17.0. The first-order valence-electron chi connectivity index (χ1n) is 11.3. The smallest absolute Gasteiger partial charge is 0.357 e. The van der Waals surface area contributed by atoms with Gasteiger partial charge in [-0.2, -0.15) is 5.10 Å². The number of nitrogens with zero attached hydrogens (tertiary/aromatic N) is 4. The number of likely N-dealkylation sites (tertiary alicyclic amines) is 1. The summed E-state index contributed by atoms with van der Waals surface area (Å²) in [6.07, 6.45) is -1.85. The van der Waals surface area contributed by atoms with Crippen molar-refractivity contribution in [3.8, 4) is 0 Å². The third kappa shape index (κ3) is 5.24. The third-order valence-electron chi connectivity index (χ3n) is 6.20. The van der Waals surface area contributed by atoms with Crippen molar-refractivity contribution in [2.75, 3.05) is 32.1 Å². The van der Waals surface area contributed by atoms with Crippen LogP contribution in [0.25, 0.3) is 10.9 Å². The molecule has 0 unspecified atom stereocenters. The number of fused-ring (bicyclic) bond motifs is 1. The number of imidazole rings is 1. The molecule has 2 aromatic heterocycles. The number of aromatic nitrogens is 4. The number of carbonyl (C=O) groups excluding carboxylic acids is 1. The summed E-state index contributed by atoms with van der Waals surface area (Å²) in [5, 5.41) is 12.2. The number of benzene rings is 1. The standard InChI is InChI=1S/C23H28Cl2F2N6O2/c1-23(2,3)14-7-13-16(8-15(14)24)30-31-21(13)28-9-18-29-20(25)19(22(34)35-4)33(18)12-5-6-32(10-12)11-17(26)27/h7-8,12,17H,5-6,9-11H2,1-4H3,(H2,28,30,31)/t12-/m1/s1. The molecule has 0 aliphatic carbocycles. The Hall–Kier alpha value is -2.43. The highest BCUT2D eigenvalue weighted by Crippen LogP contribution is 2.35. The number of esters is 1. The van der Waals surface area contributed by atoms with Gasteiger partial charge in [0.05, 0.1) is 25.7 Å². The Morgan fingerprint density at radius 2 is 2.09 bits per heavy atom. The molecule has 0 bridgehead atoms. The lowest BCUT2D eigenvalue weighted by molar-refractivity contribution is 0.0584. The summed E-state index contributed by atoms with van der Waals surface area (Å²) in [6.45, 7) is 6.97. The molecule has 1 aliphatic heterocycles. The van der Waals surface area contributed by atoms with E-state index in [1.807, 2.05) is 12.1 Å². The minimum absolute atomic E-state index is 0.00893. The number of rotatable bonds is 7. The molecular formula is C23H28Cl2F2N6O2. The highest BCUT2D eigenvalue weighted by atomic mass is 35.5. The van der Waals surface area contributed by atoms with Crippen LogP contribution < -0.4 is 5.32 Å². The second-order valence-electron chi connectivity index (χ2n) is 9.68. The Labute approximate surface area is 211 Å². The predicted molar refractivity (Wildman–Crippen MR) is 132 cm³/mol. The zero-order valence-electron chi connectivity index (χ0n) is 20.0. The molecule has 3 aromatic rings. The largest absolute Gasteiger partial charge is 0.464 e. The van der Waals surface area contributed by atoms with Crippen LogP contribution in [0.3, 0.4) is 0 Å². The highest BCUT2D eigenvalue weighted by molar-refractivity contribution is 6.32. The molecule has 0 radical (unpaired) electrons. The van der Waals surface area contributed by atoms with Crippen molar-refractivity contribution in [1.82, 2.24) is 24.6 Å². The molecule has 1 saturated heterocycles. The van der Waals surface area contributed by atoms with Crippen molar-refractivity contribution in [2.45, 2.75) is 51.6 Å². The number of methoxy groups -OCH3 is 1. The van der Waals surface area contributed by atoms with E-state index in [-0.39, 0.29) is 35.4 Å². The van der Waals surface area contributed by atoms with E-state index in [9.17, 15) is 13.6 Å². The monoisotopic (exact) mass is 528 g/mol. The molecule has 1 aromatic carbocycles. The van der Waals surface area contributed by atoms with Gasteiger partial charge < -0.3 is 14.6 Å². The minimum Gasteiger partial charge on any atom is -0.464 e. The maximum atomic E-state index is 12.9. The van der Waals surface area contributed by atoms with Crippen LogP contribution in [0, 0.1) is 0 Å². The summed E-state index contributed by atoms with van der Waals surface area (Å²) in [7, 11) is 1.26. The molecule has 4 rings (SSSR count). The molecule has 8 nitrogen and oxygen atoms in total. The number of hydrogen-bond donors (Lipinski definition) is 2. The Kier molecular flexibility index (Phi) is 7.26. The lowest BCUT2D eigenvalue weighted by Gasteiger charge is -2.21. The molecule has 35 heavy (non-hydrogen) atoms. The van der Waals surface area contributed by atoms with Crippen LogP contribution in [0.2, 0.25) is 10.2 Å². The summed E-state index contributed by atoms with van der Waals surface area (Å²) < 4.78 is 32.4. The van der Waals surface area contributed by atoms with Gasteiger partial charge in [0.25, 0.3) is 6.43 Å². The number of nitrogens with one attached hydrogen (secondary N) is 2. The minimum atomic E-state index is -2.43. The fourth-order valence-electron chi connectivity index (χ4n) is 4.54. The average molecular weight is 529 g/mol. The number of ether oxygens (including phenoxy) is 1. The number of anilines is 1. The zero-order valence-corrected chi connectivity index (χ0v) is 21.5. The van der Waals surface area contributed by atoms with Crippen LogP contribution in [-0.2, 0) is 16.7 Å². The number of halogens is 4. The van der Waals surface area contributed by atoms with Crippen molar-refractivity contribution >= 4 is 45.9 Å². The summed E-state index contributed by atoms with van der Waals surface area (Å²) in [5.74, 6) is 0.453. The number of alkyl halides is 2. The fourth-order valence-corrected chi connectivity index (χ4v) is 5.25. The van der Waals surface area contributed by atoms with Gasteiger partial charge in [-0.15, -0.1) is 0 Å². The van der Waals surface area contributed by atoms with Crippen LogP contribution in [0.1, 0.15) is 55.1 Å². The van der Waals surface area contributed by atoms with E-state index in [2.05, 4.69) is 41.3 Å². The van der Waals surface area contributed by atoms with Crippen LogP contribution in [0.4, 0.5) is 14.6 Å². The van der Waals surface area contributed by atoms with Gasteiger partial charge in [-0.25, -0.2) is 18.6 Å². The lowest BCUT2D eigenvalue weighted by Crippen LogP contribution is -2.28. The average Bonchev–Trinajstić information content (AvgIpc) is 3.46. The number of H-pyrrole nitrogens is 1. The van der Waals surface area contributed by atoms with Gasteiger partial charge in [0, 0.05) is 29.5 Å². The van der Waals surface area contributed by atoms with Crippen molar-refractivity contribution < 1.29 is 18.3 Å². The molecule has 0 amide bonds. The lowest BCUT2D eigenvalue weighted by atomic mass is 9.86. The molecule has 0 saturated carbocycles. The van der Waals surface area contributed by atoms with Gasteiger partial charge >= 0.3 is 5.97 Å². The summed E-state index contributed by atoms with van der Waals surface area (Å²) in [4.78, 5) is 18.6. The summed E-state index contributed by atoms with van der Waals surface area (Å²) in [6, 6.07) is 3.60. The van der Waals surface area contributed by atoms with Crippen molar-refractivity contribution in [3.05, 3.63) is 39.4 Å². The first-order valence-corrected chi connectivity index (χ1v) is 12.0. The molecule has 12 heteroatoms. The summed E-state index contributed by atoms with van der Waals surface area (Å²) in [5.41, 5.74) is 1.72.